The Bertz CT molecular complexity index is 207. The molecular formula is C9H16N2S. The number of thioether (sulfide) groups is 1. The van der Waals surface area contributed by atoms with Crippen molar-refractivity contribution in [2.75, 3.05) is 5.75 Å². The first-order chi connectivity index (χ1) is 5.66. The zero-order valence-corrected chi connectivity index (χ0v) is 8.58. The van der Waals surface area contributed by atoms with Gasteiger partial charge in [0.2, 0.25) is 0 Å². The molecule has 0 amide bonds. The first-order valence-electron chi connectivity index (χ1n) is 4.64. The van der Waals surface area contributed by atoms with Crippen molar-refractivity contribution in [3.63, 3.8) is 0 Å². The lowest BCUT2D eigenvalue weighted by Crippen LogP contribution is -2.46. The van der Waals surface area contributed by atoms with Gasteiger partial charge in [-0.05, 0) is 33.1 Å². The molecule has 1 saturated heterocycles. The van der Waals surface area contributed by atoms with E-state index in [2.05, 4.69) is 24.2 Å². The largest absolute Gasteiger partial charge is 0.360 e. The zero-order chi connectivity index (χ0) is 8.60. The van der Waals surface area contributed by atoms with E-state index < -0.39 is 0 Å². The third-order valence-electron chi connectivity index (χ3n) is 2.26. The maximum atomic E-state index is 4.61. The molecule has 3 heteroatoms. The first-order valence-corrected chi connectivity index (χ1v) is 5.63. The fourth-order valence-electron chi connectivity index (χ4n) is 1.23. The molecule has 68 valence electrons. The van der Waals surface area contributed by atoms with E-state index >= 15 is 0 Å². The highest BCUT2D eigenvalue weighted by Gasteiger charge is 2.27. The summed E-state index contributed by atoms with van der Waals surface area (Å²) in [5, 5.41) is 4.65. The molecule has 0 aromatic rings. The molecule has 12 heavy (non-hydrogen) atoms. The topological polar surface area (TPSA) is 24.4 Å². The predicted octanol–water partition coefficient (Wildman–Crippen LogP) is 2.01. The van der Waals surface area contributed by atoms with Crippen molar-refractivity contribution in [1.29, 1.82) is 0 Å². The Kier molecular flexibility index (Phi) is 2.07. The van der Waals surface area contributed by atoms with Crippen LogP contribution in [-0.2, 0) is 0 Å². The van der Waals surface area contributed by atoms with Gasteiger partial charge in [-0.1, -0.05) is 11.8 Å². The second-order valence-electron chi connectivity index (χ2n) is 4.27. The molecule has 0 spiro atoms. The van der Waals surface area contributed by atoms with Gasteiger partial charge in [0.05, 0.1) is 6.04 Å². The number of hydrogen-bond acceptors (Lipinski definition) is 2. The second kappa shape index (κ2) is 2.95. The van der Waals surface area contributed by atoms with Crippen molar-refractivity contribution in [2.24, 2.45) is 4.99 Å². The number of nitrogens with one attached hydrogen (secondary N) is 1. The molecule has 2 nitrogen and oxygen atoms in total. The summed E-state index contributed by atoms with van der Waals surface area (Å²) in [6.45, 7) is 4.49. The lowest BCUT2D eigenvalue weighted by molar-refractivity contribution is 0.446. The Morgan fingerprint density at radius 1 is 1.50 bits per heavy atom. The monoisotopic (exact) mass is 184 g/mol. The maximum absolute atomic E-state index is 4.61. The highest BCUT2D eigenvalue weighted by atomic mass is 32.2. The molecule has 0 radical (unpaired) electrons. The van der Waals surface area contributed by atoms with E-state index in [4.69, 9.17) is 0 Å². The van der Waals surface area contributed by atoms with Crippen LogP contribution in [0.1, 0.15) is 33.1 Å². The summed E-state index contributed by atoms with van der Waals surface area (Å²) >= 11 is 1.87. The van der Waals surface area contributed by atoms with Crippen molar-refractivity contribution in [1.82, 2.24) is 5.32 Å². The lowest BCUT2D eigenvalue weighted by Gasteiger charge is -2.32. The van der Waals surface area contributed by atoms with Gasteiger partial charge >= 0.3 is 0 Å². The van der Waals surface area contributed by atoms with Gasteiger partial charge in [0.15, 0.2) is 5.17 Å². The summed E-state index contributed by atoms with van der Waals surface area (Å²) in [5.41, 5.74) is 0.263. The van der Waals surface area contributed by atoms with Gasteiger partial charge in [-0.15, -0.1) is 0 Å². The van der Waals surface area contributed by atoms with Crippen molar-refractivity contribution in [2.45, 2.75) is 44.7 Å². The molecule has 2 fully saturated rings. The standard InChI is InChI=1S/C9H16N2S/c1-9(2)5-6-12-8(11-9)10-7-3-4-7/h7H,3-6H2,1-2H3,(H,10,11). The Morgan fingerprint density at radius 3 is 2.83 bits per heavy atom. The van der Waals surface area contributed by atoms with Crippen LogP contribution in [0, 0.1) is 0 Å². The Hall–Kier alpha value is -0.180. The van der Waals surface area contributed by atoms with E-state index in [1.807, 2.05) is 11.8 Å². The normalized spacial score (nSPS) is 31.7. The molecule has 0 atom stereocenters. The van der Waals surface area contributed by atoms with Crippen LogP contribution < -0.4 is 5.32 Å². The molecule has 1 aliphatic heterocycles. The lowest BCUT2D eigenvalue weighted by atomic mass is 10.0. The molecule has 0 aromatic heterocycles. The van der Waals surface area contributed by atoms with Gasteiger partial charge in [0, 0.05) is 11.3 Å². The molecule has 0 bridgehead atoms. The third kappa shape index (κ3) is 2.16. The molecule has 1 saturated carbocycles. The summed E-state index contributed by atoms with van der Waals surface area (Å²) < 4.78 is 0. The van der Waals surface area contributed by atoms with Crippen LogP contribution in [0.15, 0.2) is 4.99 Å². The smallest absolute Gasteiger partial charge is 0.157 e. The molecule has 2 aliphatic rings. The number of nitrogens with zero attached hydrogens (tertiary/aromatic N) is 1. The van der Waals surface area contributed by atoms with Crippen molar-refractivity contribution in [3.05, 3.63) is 0 Å². The van der Waals surface area contributed by atoms with Crippen molar-refractivity contribution < 1.29 is 0 Å². The minimum absolute atomic E-state index is 0.263. The predicted molar refractivity (Wildman–Crippen MR) is 54.7 cm³/mol. The average molecular weight is 184 g/mol. The fourth-order valence-corrected chi connectivity index (χ4v) is 2.61. The SMILES string of the molecule is CC1(C)CCSC(=NC2CC2)N1. The van der Waals surface area contributed by atoms with Gasteiger partial charge in [-0.25, -0.2) is 0 Å². The van der Waals surface area contributed by atoms with E-state index in [0.29, 0.717) is 6.04 Å². The average Bonchev–Trinajstić information content (AvgIpc) is 2.69. The highest BCUT2D eigenvalue weighted by molar-refractivity contribution is 8.13. The molecule has 1 heterocycles. The Labute approximate surface area is 78.2 Å². The van der Waals surface area contributed by atoms with Gasteiger partial charge in [-0.2, -0.15) is 0 Å². The maximum Gasteiger partial charge on any atom is 0.157 e. The van der Waals surface area contributed by atoms with Gasteiger partial charge in [-0.3, -0.25) is 4.99 Å². The molecular weight excluding hydrogens is 168 g/mol. The Balaban J connectivity index is 1.97. The quantitative estimate of drug-likeness (QED) is 0.674. The van der Waals surface area contributed by atoms with Crippen LogP contribution in [0.25, 0.3) is 0 Å². The minimum Gasteiger partial charge on any atom is -0.360 e. The van der Waals surface area contributed by atoms with Gasteiger partial charge in [0.1, 0.15) is 0 Å². The summed E-state index contributed by atoms with van der Waals surface area (Å²) in [4.78, 5) is 4.61. The van der Waals surface area contributed by atoms with Crippen LogP contribution in [-0.4, -0.2) is 22.5 Å². The minimum atomic E-state index is 0.263. The van der Waals surface area contributed by atoms with Crippen LogP contribution in [0.2, 0.25) is 0 Å². The van der Waals surface area contributed by atoms with E-state index in [9.17, 15) is 0 Å². The first kappa shape index (κ1) is 8.42. The van der Waals surface area contributed by atoms with Gasteiger partial charge in [0.25, 0.3) is 0 Å². The van der Waals surface area contributed by atoms with Gasteiger partial charge < -0.3 is 5.32 Å². The molecule has 1 N–H and O–H groups in total. The molecule has 0 aromatic carbocycles. The Morgan fingerprint density at radius 2 is 2.25 bits per heavy atom. The highest BCUT2D eigenvalue weighted by Crippen LogP contribution is 2.27. The zero-order valence-electron chi connectivity index (χ0n) is 7.76. The van der Waals surface area contributed by atoms with Crippen LogP contribution in [0.3, 0.4) is 0 Å². The van der Waals surface area contributed by atoms with Crippen molar-refractivity contribution >= 4 is 16.9 Å². The van der Waals surface area contributed by atoms with Crippen LogP contribution in [0.4, 0.5) is 0 Å². The van der Waals surface area contributed by atoms with E-state index in [-0.39, 0.29) is 5.54 Å². The van der Waals surface area contributed by atoms with Crippen LogP contribution in [0.5, 0.6) is 0 Å². The fraction of sp³-hybridized carbons (Fsp3) is 0.889. The van der Waals surface area contributed by atoms with E-state index in [0.717, 1.165) is 0 Å². The third-order valence-corrected chi connectivity index (χ3v) is 3.15. The summed E-state index contributed by atoms with van der Waals surface area (Å²) in [7, 11) is 0. The number of amidine groups is 1. The van der Waals surface area contributed by atoms with Crippen LogP contribution >= 0.6 is 11.8 Å². The molecule has 1 aliphatic carbocycles. The van der Waals surface area contributed by atoms with Crippen molar-refractivity contribution in [3.8, 4) is 0 Å². The summed E-state index contributed by atoms with van der Waals surface area (Å²) in [6.07, 6.45) is 3.83. The number of rotatable bonds is 1. The molecule has 2 rings (SSSR count). The molecule has 0 unspecified atom stereocenters. The number of hydrogen-bond donors (Lipinski definition) is 1. The van der Waals surface area contributed by atoms with E-state index in [1.54, 1.807) is 0 Å². The summed E-state index contributed by atoms with van der Waals surface area (Å²) in [6, 6.07) is 0.647. The summed E-state index contributed by atoms with van der Waals surface area (Å²) in [5.74, 6) is 1.21. The number of aliphatic imine (C=N–C) groups is 1. The van der Waals surface area contributed by atoms with E-state index in [1.165, 1.54) is 30.2 Å². The second-order valence-corrected chi connectivity index (χ2v) is 5.36.